The van der Waals surface area contributed by atoms with Gasteiger partial charge in [0.25, 0.3) is 5.91 Å². The van der Waals surface area contributed by atoms with Gasteiger partial charge in [-0.15, -0.1) is 6.58 Å². The van der Waals surface area contributed by atoms with E-state index in [0.29, 0.717) is 25.9 Å². The molecule has 238 valence electrons. The van der Waals surface area contributed by atoms with Crippen LogP contribution in [-0.2, 0) is 24.0 Å². The lowest BCUT2D eigenvalue weighted by Gasteiger charge is -2.39. The lowest BCUT2D eigenvalue weighted by atomic mass is 9.85. The van der Waals surface area contributed by atoms with E-state index in [1.807, 2.05) is 48.5 Å². The highest BCUT2D eigenvalue weighted by Gasteiger charge is 2.39. The number of Topliss-reactive ketones (excluding diaryl/α,β-unsaturated/α-hetero) is 1. The van der Waals surface area contributed by atoms with E-state index >= 15 is 0 Å². The maximum atomic E-state index is 13.9. The van der Waals surface area contributed by atoms with Crippen LogP contribution in [0.1, 0.15) is 81.1 Å². The molecular weight excluding hydrogens is 540 g/mol. The molecule has 3 atom stereocenters. The van der Waals surface area contributed by atoms with Crippen LogP contribution in [0.4, 0.5) is 4.79 Å². The molecule has 42 heavy (non-hydrogen) atoms. The summed E-state index contributed by atoms with van der Waals surface area (Å²) < 4.78 is 0. The van der Waals surface area contributed by atoms with Crippen molar-refractivity contribution in [3.05, 3.63) is 12.7 Å². The van der Waals surface area contributed by atoms with Gasteiger partial charge in [0.05, 0.1) is 12.6 Å². The number of ketones is 1. The van der Waals surface area contributed by atoms with Crippen molar-refractivity contribution in [2.75, 3.05) is 32.7 Å². The summed E-state index contributed by atoms with van der Waals surface area (Å²) in [5, 5.41) is 10.6. The van der Waals surface area contributed by atoms with Crippen LogP contribution < -0.4 is 21.3 Å². The van der Waals surface area contributed by atoms with E-state index < -0.39 is 53.6 Å². The number of nitrogens with one attached hydrogen (secondary N) is 4. The van der Waals surface area contributed by atoms with Crippen LogP contribution in [0.3, 0.4) is 0 Å². The monoisotopic (exact) mass is 592 g/mol. The molecule has 1 aliphatic rings. The second-order valence-electron chi connectivity index (χ2n) is 13.0. The molecule has 6 amide bonds. The number of rotatable bonds is 14. The fraction of sp³-hybridized carbons (Fsp3) is 0.733. The third kappa shape index (κ3) is 11.4. The smallest absolute Gasteiger partial charge is 0.315 e. The summed E-state index contributed by atoms with van der Waals surface area (Å²) >= 11 is 0. The summed E-state index contributed by atoms with van der Waals surface area (Å²) in [6.07, 6.45) is 4.26. The number of piperidine rings is 1. The van der Waals surface area contributed by atoms with Gasteiger partial charge in [-0.05, 0) is 37.0 Å². The predicted molar refractivity (Wildman–Crippen MR) is 161 cm³/mol. The molecule has 0 aromatic heterocycles. The maximum absolute atomic E-state index is 13.9. The van der Waals surface area contributed by atoms with Gasteiger partial charge in [0.1, 0.15) is 12.1 Å². The number of hydrogen-bond donors (Lipinski definition) is 4. The van der Waals surface area contributed by atoms with E-state index in [1.165, 1.54) is 17.9 Å². The van der Waals surface area contributed by atoms with E-state index in [-0.39, 0.29) is 30.5 Å². The van der Waals surface area contributed by atoms with Gasteiger partial charge < -0.3 is 31.1 Å². The van der Waals surface area contributed by atoms with E-state index in [9.17, 15) is 28.8 Å². The summed E-state index contributed by atoms with van der Waals surface area (Å²) in [5.41, 5.74) is -1.08. The average molecular weight is 593 g/mol. The normalized spacial score (nSPS) is 16.0. The van der Waals surface area contributed by atoms with Crippen LogP contribution in [0.15, 0.2) is 12.7 Å². The molecule has 0 aliphatic carbocycles. The van der Waals surface area contributed by atoms with Crippen molar-refractivity contribution < 1.29 is 28.8 Å². The predicted octanol–water partition coefficient (Wildman–Crippen LogP) is 1.74. The van der Waals surface area contributed by atoms with Crippen molar-refractivity contribution in [1.82, 2.24) is 31.1 Å². The molecule has 12 heteroatoms. The third-order valence-corrected chi connectivity index (χ3v) is 7.24. The summed E-state index contributed by atoms with van der Waals surface area (Å²) in [5.74, 6) is -2.64. The SMILES string of the molecule is C=CCNC(=O)C(=O)CNC(=O)[C@H](C)N(CCC)C(=O)[C@@H](NC(=O)N[C@H](CN1CCCCC1=O)C(C)(C)C)C(C)(C)C. The average Bonchev–Trinajstić information content (AvgIpc) is 2.90. The third-order valence-electron chi connectivity index (χ3n) is 7.24. The largest absolute Gasteiger partial charge is 0.347 e. The van der Waals surface area contributed by atoms with E-state index in [1.54, 1.807) is 4.90 Å². The van der Waals surface area contributed by atoms with Gasteiger partial charge in [0.15, 0.2) is 0 Å². The quantitative estimate of drug-likeness (QED) is 0.178. The Labute approximate surface area is 250 Å². The van der Waals surface area contributed by atoms with Gasteiger partial charge in [-0.2, -0.15) is 0 Å². The van der Waals surface area contributed by atoms with Crippen molar-refractivity contribution in [2.24, 2.45) is 10.8 Å². The second kappa shape index (κ2) is 16.3. The Morgan fingerprint density at radius 3 is 2.17 bits per heavy atom. The molecule has 0 unspecified atom stereocenters. The Kier molecular flexibility index (Phi) is 14.2. The van der Waals surface area contributed by atoms with Crippen molar-refractivity contribution in [3.8, 4) is 0 Å². The minimum absolute atomic E-state index is 0.0713. The first-order valence-electron chi connectivity index (χ1n) is 14.8. The molecule has 4 N–H and O–H groups in total. The lowest BCUT2D eigenvalue weighted by Crippen LogP contribution is -2.62. The molecule has 0 bridgehead atoms. The zero-order valence-electron chi connectivity index (χ0n) is 26.7. The Morgan fingerprint density at radius 1 is 1.00 bits per heavy atom. The highest BCUT2D eigenvalue weighted by molar-refractivity contribution is 6.37. The van der Waals surface area contributed by atoms with Crippen molar-refractivity contribution in [2.45, 2.75) is 99.2 Å². The summed E-state index contributed by atoms with van der Waals surface area (Å²) in [4.78, 5) is 79.6. The van der Waals surface area contributed by atoms with Crippen LogP contribution in [0.25, 0.3) is 0 Å². The van der Waals surface area contributed by atoms with Crippen LogP contribution >= 0.6 is 0 Å². The van der Waals surface area contributed by atoms with Gasteiger partial charge in [0, 0.05) is 32.6 Å². The molecule has 1 aliphatic heterocycles. The highest BCUT2D eigenvalue weighted by Crippen LogP contribution is 2.24. The number of carbonyl (C=O) groups is 6. The number of nitrogens with zero attached hydrogens (tertiary/aromatic N) is 2. The molecular formula is C30H52N6O6. The van der Waals surface area contributed by atoms with Crippen LogP contribution in [0.5, 0.6) is 0 Å². The zero-order chi connectivity index (χ0) is 32.3. The highest BCUT2D eigenvalue weighted by atomic mass is 16.2. The molecule has 0 spiro atoms. The Balaban J connectivity index is 3.04. The minimum Gasteiger partial charge on any atom is -0.347 e. The number of urea groups is 1. The Hall–Kier alpha value is -3.44. The first-order valence-corrected chi connectivity index (χ1v) is 14.8. The Morgan fingerprint density at radius 2 is 1.64 bits per heavy atom. The molecule has 0 radical (unpaired) electrons. The van der Waals surface area contributed by atoms with Crippen molar-refractivity contribution >= 4 is 35.4 Å². The van der Waals surface area contributed by atoms with Crippen molar-refractivity contribution in [1.29, 1.82) is 0 Å². The fourth-order valence-corrected chi connectivity index (χ4v) is 4.49. The molecule has 1 heterocycles. The van der Waals surface area contributed by atoms with Crippen LogP contribution in [-0.4, -0.2) is 96.1 Å². The van der Waals surface area contributed by atoms with Gasteiger partial charge in [-0.3, -0.25) is 24.0 Å². The molecule has 0 saturated carbocycles. The number of amides is 6. The van der Waals surface area contributed by atoms with Gasteiger partial charge in [-0.1, -0.05) is 54.5 Å². The molecule has 1 fully saturated rings. The number of carbonyl (C=O) groups excluding carboxylic acids is 6. The van der Waals surface area contributed by atoms with E-state index in [0.717, 1.165) is 12.8 Å². The minimum atomic E-state index is -0.983. The first-order chi connectivity index (χ1) is 19.4. The maximum Gasteiger partial charge on any atom is 0.315 e. The van der Waals surface area contributed by atoms with E-state index in [2.05, 4.69) is 27.8 Å². The summed E-state index contributed by atoms with van der Waals surface area (Å²) in [7, 11) is 0. The summed E-state index contributed by atoms with van der Waals surface area (Å²) in [6.45, 7) is 19.1. The second-order valence-corrected chi connectivity index (χ2v) is 13.0. The molecule has 1 saturated heterocycles. The van der Waals surface area contributed by atoms with Crippen molar-refractivity contribution in [3.63, 3.8) is 0 Å². The lowest BCUT2D eigenvalue weighted by molar-refractivity contribution is -0.144. The van der Waals surface area contributed by atoms with E-state index in [4.69, 9.17) is 0 Å². The summed E-state index contributed by atoms with van der Waals surface area (Å²) in [6, 6.07) is -2.86. The van der Waals surface area contributed by atoms with Gasteiger partial charge >= 0.3 is 6.03 Å². The topological polar surface area (TPSA) is 157 Å². The zero-order valence-corrected chi connectivity index (χ0v) is 26.7. The standard InChI is InChI=1S/C30H52N6O6/c1-10-15-31-26(40)21(37)18-32-25(39)20(3)36(16-11-2)27(41)24(30(7,8)9)34-28(42)33-22(29(4,5)6)19-35-17-13-12-14-23(35)38/h10,20,22,24H,1,11-19H2,2-9H3,(H,31,40)(H,32,39)(H2,33,34,42)/t20-,22+,24+/m0/s1. The molecule has 12 nitrogen and oxygen atoms in total. The van der Waals surface area contributed by atoms with Crippen LogP contribution in [0, 0.1) is 10.8 Å². The molecule has 0 aromatic rings. The molecule has 0 aromatic carbocycles. The van der Waals surface area contributed by atoms with Gasteiger partial charge in [0.2, 0.25) is 23.5 Å². The van der Waals surface area contributed by atoms with Crippen LogP contribution in [0.2, 0.25) is 0 Å². The fourth-order valence-electron chi connectivity index (χ4n) is 4.49. The number of likely N-dealkylation sites (tertiary alicyclic amines) is 1. The number of hydrogen-bond acceptors (Lipinski definition) is 6. The first kappa shape index (κ1) is 36.6. The van der Waals surface area contributed by atoms with Gasteiger partial charge in [-0.25, -0.2) is 4.79 Å². The molecule has 1 rings (SSSR count). The Bertz CT molecular complexity index is 999.